The molecule has 1 aromatic heterocycles. The van der Waals surface area contributed by atoms with Crippen LogP contribution in [0.2, 0.25) is 0 Å². The van der Waals surface area contributed by atoms with Gasteiger partial charge >= 0.3 is 6.03 Å². The molecule has 1 N–H and O–H groups in total. The number of aryl methyl sites for hydroxylation is 1. The topological polar surface area (TPSA) is 65.5 Å². The maximum Gasteiger partial charge on any atom is 0.325 e. The number of urea groups is 1. The lowest BCUT2D eigenvalue weighted by Gasteiger charge is -2.39. The van der Waals surface area contributed by atoms with Crippen molar-refractivity contribution in [2.45, 2.75) is 45.7 Å². The van der Waals surface area contributed by atoms with E-state index in [0.717, 1.165) is 43.2 Å². The number of carbonyl (C=O) groups excluding carboxylic acids is 2. The lowest BCUT2D eigenvalue weighted by atomic mass is 9.80. The van der Waals surface area contributed by atoms with E-state index < -0.39 is 5.54 Å². The van der Waals surface area contributed by atoms with E-state index in [0.29, 0.717) is 6.54 Å². The zero-order chi connectivity index (χ0) is 16.6. The van der Waals surface area contributed by atoms with Crippen molar-refractivity contribution in [1.29, 1.82) is 0 Å². The van der Waals surface area contributed by atoms with E-state index in [1.807, 2.05) is 20.8 Å². The van der Waals surface area contributed by atoms with Crippen molar-refractivity contribution < 1.29 is 9.59 Å². The van der Waals surface area contributed by atoms with Gasteiger partial charge in [0.05, 0.1) is 10.7 Å². The van der Waals surface area contributed by atoms with E-state index in [-0.39, 0.29) is 17.9 Å². The van der Waals surface area contributed by atoms with Crippen molar-refractivity contribution in [3.63, 3.8) is 0 Å². The average Bonchev–Trinajstić information content (AvgIpc) is 3.02. The molecule has 6 nitrogen and oxygen atoms in total. The summed E-state index contributed by atoms with van der Waals surface area (Å²) in [5, 5.41) is 6.12. The molecule has 2 atom stereocenters. The van der Waals surface area contributed by atoms with Crippen LogP contribution in [0.3, 0.4) is 0 Å². The van der Waals surface area contributed by atoms with Crippen LogP contribution in [0.1, 0.15) is 37.4 Å². The summed E-state index contributed by atoms with van der Waals surface area (Å²) in [5.41, 5.74) is 0.319. The predicted molar refractivity (Wildman–Crippen MR) is 89.2 cm³/mol. The highest BCUT2D eigenvalue weighted by atomic mass is 32.1. The number of piperidine rings is 1. The summed E-state index contributed by atoms with van der Waals surface area (Å²) in [6.07, 6.45) is 2.01. The smallest absolute Gasteiger partial charge is 0.323 e. The second kappa shape index (κ2) is 6.20. The molecule has 2 unspecified atom stereocenters. The van der Waals surface area contributed by atoms with Gasteiger partial charge in [0.1, 0.15) is 5.54 Å². The van der Waals surface area contributed by atoms with Crippen LogP contribution in [0.15, 0.2) is 5.38 Å². The Morgan fingerprint density at radius 2 is 2.26 bits per heavy atom. The summed E-state index contributed by atoms with van der Waals surface area (Å²) in [7, 11) is 0. The first-order chi connectivity index (χ1) is 10.9. The number of thiazole rings is 1. The highest BCUT2D eigenvalue weighted by Crippen LogP contribution is 2.32. The minimum atomic E-state index is -0.774. The van der Waals surface area contributed by atoms with Gasteiger partial charge in [-0.1, -0.05) is 0 Å². The third-order valence-electron chi connectivity index (χ3n) is 4.99. The second-order valence-electron chi connectivity index (χ2n) is 6.61. The van der Waals surface area contributed by atoms with Crippen molar-refractivity contribution in [3.8, 4) is 0 Å². The predicted octanol–water partition coefficient (Wildman–Crippen LogP) is 1.99. The number of likely N-dealkylation sites (tertiary alicyclic amines) is 1. The minimum Gasteiger partial charge on any atom is -0.323 e. The molecule has 23 heavy (non-hydrogen) atoms. The zero-order valence-electron chi connectivity index (χ0n) is 14.0. The number of rotatable bonds is 4. The molecule has 2 aliphatic heterocycles. The molecule has 0 aliphatic carbocycles. The fourth-order valence-corrected chi connectivity index (χ4v) is 4.26. The van der Waals surface area contributed by atoms with E-state index in [9.17, 15) is 9.59 Å². The quantitative estimate of drug-likeness (QED) is 0.854. The number of hydrogen-bond donors (Lipinski definition) is 1. The Bertz CT molecular complexity index is 617. The molecule has 0 aromatic carbocycles. The van der Waals surface area contributed by atoms with Crippen LogP contribution < -0.4 is 5.32 Å². The molecule has 0 saturated carbocycles. The van der Waals surface area contributed by atoms with Gasteiger partial charge in [-0.05, 0) is 40.2 Å². The summed E-state index contributed by atoms with van der Waals surface area (Å²) >= 11 is 1.67. The van der Waals surface area contributed by atoms with E-state index in [1.165, 1.54) is 4.90 Å². The lowest BCUT2D eigenvalue weighted by Crippen LogP contribution is -2.55. The Morgan fingerprint density at radius 1 is 1.48 bits per heavy atom. The molecule has 126 valence electrons. The van der Waals surface area contributed by atoms with Crippen molar-refractivity contribution in [3.05, 3.63) is 16.1 Å². The summed E-state index contributed by atoms with van der Waals surface area (Å²) in [5.74, 6) is 0.0605. The number of amides is 3. The largest absolute Gasteiger partial charge is 0.325 e. The summed E-state index contributed by atoms with van der Waals surface area (Å²) in [6.45, 7) is 8.80. The third kappa shape index (κ3) is 2.99. The number of aromatic nitrogens is 1. The van der Waals surface area contributed by atoms with Crippen molar-refractivity contribution in [2.24, 2.45) is 5.92 Å². The number of carbonyl (C=O) groups is 2. The molecule has 2 fully saturated rings. The Labute approximate surface area is 140 Å². The lowest BCUT2D eigenvalue weighted by molar-refractivity contribution is -0.133. The number of nitrogens with zero attached hydrogens (tertiary/aromatic N) is 3. The molecule has 7 heteroatoms. The summed E-state index contributed by atoms with van der Waals surface area (Å²) < 4.78 is 0. The van der Waals surface area contributed by atoms with Gasteiger partial charge in [0, 0.05) is 30.9 Å². The minimum absolute atomic E-state index is 0.0821. The Balaban J connectivity index is 1.71. The molecule has 2 saturated heterocycles. The van der Waals surface area contributed by atoms with Gasteiger partial charge in [-0.15, -0.1) is 11.3 Å². The Hall–Kier alpha value is -1.47. The first-order valence-corrected chi connectivity index (χ1v) is 9.09. The molecule has 3 amide bonds. The average molecular weight is 336 g/mol. The fourth-order valence-electron chi connectivity index (χ4n) is 3.66. The van der Waals surface area contributed by atoms with Crippen LogP contribution in [-0.2, 0) is 11.3 Å². The summed E-state index contributed by atoms with van der Waals surface area (Å²) in [4.78, 5) is 32.9. The fraction of sp³-hybridized carbons (Fsp3) is 0.688. The standard InChI is InChI=1S/C16H24N4O2S/c1-4-20-14(21)16(3,18-15(20)22)12-6-5-7-19(8-12)9-13-10-23-11(2)17-13/h10,12H,4-9H2,1-3H3,(H,18,22). The molecule has 0 bridgehead atoms. The van der Waals surface area contributed by atoms with Crippen LogP contribution in [0.5, 0.6) is 0 Å². The van der Waals surface area contributed by atoms with E-state index in [1.54, 1.807) is 11.3 Å². The van der Waals surface area contributed by atoms with E-state index >= 15 is 0 Å². The van der Waals surface area contributed by atoms with E-state index in [4.69, 9.17) is 0 Å². The number of nitrogens with one attached hydrogen (secondary N) is 1. The Morgan fingerprint density at radius 3 is 2.87 bits per heavy atom. The molecule has 1 aromatic rings. The third-order valence-corrected chi connectivity index (χ3v) is 5.81. The van der Waals surface area contributed by atoms with Gasteiger partial charge in [0.15, 0.2) is 0 Å². The second-order valence-corrected chi connectivity index (χ2v) is 7.68. The van der Waals surface area contributed by atoms with Crippen molar-refractivity contribution >= 4 is 23.3 Å². The van der Waals surface area contributed by atoms with Crippen molar-refractivity contribution in [1.82, 2.24) is 20.1 Å². The van der Waals surface area contributed by atoms with Gasteiger partial charge < -0.3 is 5.32 Å². The maximum atomic E-state index is 12.6. The molecule has 3 heterocycles. The number of hydrogen-bond acceptors (Lipinski definition) is 5. The van der Waals surface area contributed by atoms with Crippen molar-refractivity contribution in [2.75, 3.05) is 19.6 Å². The molecule has 0 radical (unpaired) electrons. The first-order valence-electron chi connectivity index (χ1n) is 8.21. The monoisotopic (exact) mass is 336 g/mol. The van der Waals surface area contributed by atoms with Gasteiger partial charge in [-0.2, -0.15) is 0 Å². The number of likely N-dealkylation sites (N-methyl/N-ethyl adjacent to an activating group) is 1. The van der Waals surface area contributed by atoms with Crippen LogP contribution >= 0.6 is 11.3 Å². The van der Waals surface area contributed by atoms with Crippen LogP contribution in [0, 0.1) is 12.8 Å². The van der Waals surface area contributed by atoms with Crippen LogP contribution in [-0.4, -0.2) is 51.9 Å². The highest BCUT2D eigenvalue weighted by molar-refractivity contribution is 7.09. The molecule has 2 aliphatic rings. The van der Waals surface area contributed by atoms with Crippen LogP contribution in [0.4, 0.5) is 4.79 Å². The van der Waals surface area contributed by atoms with Gasteiger partial charge in [-0.3, -0.25) is 14.6 Å². The normalized spacial score (nSPS) is 29.2. The van der Waals surface area contributed by atoms with Crippen LogP contribution in [0.25, 0.3) is 0 Å². The number of imide groups is 1. The SMILES string of the molecule is CCN1C(=O)NC(C)(C2CCCN(Cc3csc(C)n3)C2)C1=O. The van der Waals surface area contributed by atoms with Gasteiger partial charge in [0.25, 0.3) is 5.91 Å². The molecule has 3 rings (SSSR count). The first kappa shape index (κ1) is 16.4. The Kier molecular flexibility index (Phi) is 4.42. The maximum absolute atomic E-state index is 12.6. The molecule has 0 spiro atoms. The highest BCUT2D eigenvalue weighted by Gasteiger charge is 2.52. The summed E-state index contributed by atoms with van der Waals surface area (Å²) in [6, 6.07) is -0.257. The molecular formula is C16H24N4O2S. The zero-order valence-corrected chi connectivity index (χ0v) is 14.8. The molecular weight excluding hydrogens is 312 g/mol. The van der Waals surface area contributed by atoms with E-state index in [2.05, 4.69) is 20.6 Å². The van der Waals surface area contributed by atoms with Gasteiger partial charge in [-0.25, -0.2) is 9.78 Å². The van der Waals surface area contributed by atoms with Gasteiger partial charge in [0.2, 0.25) is 0 Å².